The van der Waals surface area contributed by atoms with Crippen LogP contribution in [0.2, 0.25) is 5.02 Å². The summed E-state index contributed by atoms with van der Waals surface area (Å²) in [6.45, 7) is 0.842. The van der Waals surface area contributed by atoms with Gasteiger partial charge < -0.3 is 10.1 Å². The summed E-state index contributed by atoms with van der Waals surface area (Å²) in [5.74, 6) is 0.424. The zero-order valence-corrected chi connectivity index (χ0v) is 19.6. The third-order valence-corrected chi connectivity index (χ3v) is 5.41. The molecule has 0 atom stereocenters. The number of benzene rings is 3. The quantitative estimate of drug-likeness (QED) is 0.212. The summed E-state index contributed by atoms with van der Waals surface area (Å²) in [7, 11) is 0. The average Bonchev–Trinajstić information content (AvgIpc) is 2.86. The van der Waals surface area contributed by atoms with Crippen molar-refractivity contribution in [1.82, 2.24) is 10.7 Å². The Kier molecular flexibility index (Phi) is 10.1. The van der Waals surface area contributed by atoms with E-state index in [1.54, 1.807) is 6.21 Å². The molecule has 0 aromatic heterocycles. The van der Waals surface area contributed by atoms with Crippen molar-refractivity contribution in [1.29, 1.82) is 0 Å². The zero-order chi connectivity index (χ0) is 24.0. The second-order valence-electron chi connectivity index (χ2n) is 7.68. The van der Waals surface area contributed by atoms with Gasteiger partial charge in [-0.1, -0.05) is 72.3 Å². The van der Waals surface area contributed by atoms with E-state index in [0.29, 0.717) is 49.6 Å². The van der Waals surface area contributed by atoms with Gasteiger partial charge in [-0.15, -0.1) is 0 Å². The molecule has 0 aliphatic heterocycles. The fourth-order valence-electron chi connectivity index (χ4n) is 3.18. The van der Waals surface area contributed by atoms with Gasteiger partial charge in [-0.3, -0.25) is 9.59 Å². The minimum Gasteiger partial charge on any atom is -0.488 e. The van der Waals surface area contributed by atoms with E-state index in [-0.39, 0.29) is 11.8 Å². The van der Waals surface area contributed by atoms with Gasteiger partial charge in [0.05, 0.1) is 6.21 Å². The molecule has 7 heteroatoms. The Labute approximate surface area is 205 Å². The standard InChI is InChI=1S/C27H28ClN3O3/c28-24-14-6-4-13-23(24)20-34-25-15-7-5-12-22(25)19-30-31-27(33)17-9-8-16-26(32)29-18-21-10-2-1-3-11-21/h1-7,10-15,19H,8-9,16-18,20H2,(H,29,32)(H,31,33)/b30-19-. The summed E-state index contributed by atoms with van der Waals surface area (Å²) in [6.07, 6.45) is 3.48. The number of hydrogen-bond acceptors (Lipinski definition) is 4. The summed E-state index contributed by atoms with van der Waals surface area (Å²) in [6, 6.07) is 24.7. The molecule has 2 N–H and O–H groups in total. The number of amides is 2. The maximum Gasteiger partial charge on any atom is 0.240 e. The molecule has 6 nitrogen and oxygen atoms in total. The number of nitrogens with zero attached hydrogens (tertiary/aromatic N) is 1. The molecule has 0 heterocycles. The van der Waals surface area contributed by atoms with Gasteiger partial charge in [0, 0.05) is 35.5 Å². The van der Waals surface area contributed by atoms with E-state index in [9.17, 15) is 9.59 Å². The summed E-state index contributed by atoms with van der Waals surface area (Å²) in [5.41, 5.74) is 5.22. The van der Waals surface area contributed by atoms with Gasteiger partial charge in [-0.25, -0.2) is 5.43 Å². The van der Waals surface area contributed by atoms with Gasteiger partial charge in [0.2, 0.25) is 11.8 Å². The SMILES string of the molecule is O=C(CCCCC(=O)N/N=C\c1ccccc1OCc1ccccc1Cl)NCc1ccccc1. The Balaban J connectivity index is 1.35. The Morgan fingerprint density at radius 2 is 1.53 bits per heavy atom. The molecule has 0 bridgehead atoms. The highest BCUT2D eigenvalue weighted by atomic mass is 35.5. The minimum atomic E-state index is -0.199. The molecule has 0 fully saturated rings. The van der Waals surface area contributed by atoms with Crippen LogP contribution in [-0.4, -0.2) is 18.0 Å². The first-order valence-electron chi connectivity index (χ1n) is 11.2. The maximum absolute atomic E-state index is 12.1. The van der Waals surface area contributed by atoms with Gasteiger partial charge in [-0.2, -0.15) is 5.10 Å². The minimum absolute atomic E-state index is 0.0179. The monoisotopic (exact) mass is 477 g/mol. The van der Waals surface area contributed by atoms with E-state index in [2.05, 4.69) is 15.8 Å². The highest BCUT2D eigenvalue weighted by Crippen LogP contribution is 2.20. The summed E-state index contributed by atoms with van der Waals surface area (Å²) >= 11 is 6.18. The molecule has 34 heavy (non-hydrogen) atoms. The van der Waals surface area contributed by atoms with Gasteiger partial charge in [0.15, 0.2) is 0 Å². The number of para-hydroxylation sites is 1. The van der Waals surface area contributed by atoms with Crippen LogP contribution in [0.1, 0.15) is 42.4 Å². The molecule has 0 aliphatic carbocycles. The molecule has 3 aromatic rings. The van der Waals surface area contributed by atoms with Gasteiger partial charge >= 0.3 is 0 Å². The Bertz CT molecular complexity index is 1100. The third-order valence-electron chi connectivity index (χ3n) is 5.04. The van der Waals surface area contributed by atoms with Crippen LogP contribution in [-0.2, 0) is 22.7 Å². The molecule has 3 rings (SSSR count). The molecule has 0 spiro atoms. The summed E-state index contributed by atoms with van der Waals surface area (Å²) in [5, 5.41) is 7.58. The fourth-order valence-corrected chi connectivity index (χ4v) is 3.37. The molecule has 0 saturated carbocycles. The van der Waals surface area contributed by atoms with E-state index in [4.69, 9.17) is 16.3 Å². The van der Waals surface area contributed by atoms with Crippen molar-refractivity contribution in [2.24, 2.45) is 5.10 Å². The van der Waals surface area contributed by atoms with Gasteiger partial charge in [-0.05, 0) is 36.6 Å². The van der Waals surface area contributed by atoms with Crippen molar-refractivity contribution in [3.8, 4) is 5.75 Å². The molecule has 0 saturated heterocycles. The largest absolute Gasteiger partial charge is 0.488 e. The molecule has 3 aromatic carbocycles. The summed E-state index contributed by atoms with van der Waals surface area (Å²) in [4.78, 5) is 24.0. The number of unbranched alkanes of at least 4 members (excludes halogenated alkanes) is 1. The Morgan fingerprint density at radius 3 is 2.32 bits per heavy atom. The molecule has 2 amide bonds. The molecule has 0 aliphatic rings. The second kappa shape index (κ2) is 13.8. The second-order valence-corrected chi connectivity index (χ2v) is 8.09. The number of ether oxygens (including phenoxy) is 1. The third kappa shape index (κ3) is 8.71. The lowest BCUT2D eigenvalue weighted by molar-refractivity contribution is -0.123. The first kappa shape index (κ1) is 25.0. The van der Waals surface area contributed by atoms with E-state index in [1.807, 2.05) is 78.9 Å². The average molecular weight is 478 g/mol. The van der Waals surface area contributed by atoms with E-state index in [0.717, 1.165) is 16.7 Å². The number of halogens is 1. The smallest absolute Gasteiger partial charge is 0.240 e. The first-order valence-corrected chi connectivity index (χ1v) is 11.6. The van der Waals surface area contributed by atoms with Crippen molar-refractivity contribution in [3.05, 3.63) is 101 Å². The van der Waals surface area contributed by atoms with Crippen LogP contribution in [0.25, 0.3) is 0 Å². The fraction of sp³-hybridized carbons (Fsp3) is 0.222. The highest BCUT2D eigenvalue weighted by Gasteiger charge is 2.06. The number of hydrogen-bond donors (Lipinski definition) is 2. The zero-order valence-electron chi connectivity index (χ0n) is 18.9. The molecular formula is C27H28ClN3O3. The first-order chi connectivity index (χ1) is 16.6. The predicted molar refractivity (Wildman–Crippen MR) is 135 cm³/mol. The predicted octanol–water partition coefficient (Wildman–Crippen LogP) is 5.25. The molecular weight excluding hydrogens is 450 g/mol. The lowest BCUT2D eigenvalue weighted by Gasteiger charge is -2.10. The maximum atomic E-state index is 12.1. The highest BCUT2D eigenvalue weighted by molar-refractivity contribution is 6.31. The van der Waals surface area contributed by atoms with Crippen molar-refractivity contribution in [3.63, 3.8) is 0 Å². The number of carbonyl (C=O) groups excluding carboxylic acids is 2. The number of rotatable bonds is 12. The van der Waals surface area contributed by atoms with Crippen molar-refractivity contribution >= 4 is 29.6 Å². The van der Waals surface area contributed by atoms with E-state index in [1.165, 1.54) is 0 Å². The van der Waals surface area contributed by atoms with Crippen molar-refractivity contribution < 1.29 is 14.3 Å². The van der Waals surface area contributed by atoms with Gasteiger partial charge in [0.25, 0.3) is 0 Å². The van der Waals surface area contributed by atoms with Crippen LogP contribution in [0.4, 0.5) is 0 Å². The lowest BCUT2D eigenvalue weighted by atomic mass is 10.1. The van der Waals surface area contributed by atoms with Gasteiger partial charge in [0.1, 0.15) is 12.4 Å². The molecule has 176 valence electrons. The molecule has 0 unspecified atom stereocenters. The number of hydrazone groups is 1. The van der Waals surface area contributed by atoms with Crippen LogP contribution < -0.4 is 15.5 Å². The Hall–Kier alpha value is -3.64. The topological polar surface area (TPSA) is 79.8 Å². The van der Waals surface area contributed by atoms with E-state index < -0.39 is 0 Å². The summed E-state index contributed by atoms with van der Waals surface area (Å²) < 4.78 is 5.89. The van der Waals surface area contributed by atoms with Crippen molar-refractivity contribution in [2.45, 2.75) is 38.8 Å². The van der Waals surface area contributed by atoms with Crippen LogP contribution in [0.3, 0.4) is 0 Å². The number of carbonyl (C=O) groups is 2. The van der Waals surface area contributed by atoms with Crippen LogP contribution in [0.5, 0.6) is 5.75 Å². The van der Waals surface area contributed by atoms with Crippen molar-refractivity contribution in [2.75, 3.05) is 0 Å². The Morgan fingerprint density at radius 1 is 0.853 bits per heavy atom. The van der Waals surface area contributed by atoms with E-state index >= 15 is 0 Å². The normalized spacial score (nSPS) is 10.7. The van der Waals surface area contributed by atoms with Crippen LogP contribution >= 0.6 is 11.6 Å². The lowest BCUT2D eigenvalue weighted by Crippen LogP contribution is -2.22. The molecule has 0 radical (unpaired) electrons. The van der Waals surface area contributed by atoms with Crippen LogP contribution in [0, 0.1) is 0 Å². The van der Waals surface area contributed by atoms with Crippen LogP contribution in [0.15, 0.2) is 84.0 Å². The number of nitrogens with one attached hydrogen (secondary N) is 2.